The number of nitrogens with zero attached hydrogens (tertiary/aromatic N) is 3. The van der Waals surface area contributed by atoms with Crippen LogP contribution in [0.3, 0.4) is 0 Å². The zero-order valence-electron chi connectivity index (χ0n) is 13.5. The summed E-state index contributed by atoms with van der Waals surface area (Å²) in [7, 11) is 1.24. The van der Waals surface area contributed by atoms with Crippen molar-refractivity contribution >= 4 is 28.4 Å². The molecule has 0 aliphatic carbocycles. The van der Waals surface area contributed by atoms with Gasteiger partial charge in [0.05, 0.1) is 23.9 Å². The predicted octanol–water partition coefficient (Wildman–Crippen LogP) is 4.31. The Bertz CT molecular complexity index is 960. The number of hydrogen-bond acceptors (Lipinski definition) is 7. The van der Waals surface area contributed by atoms with Gasteiger partial charge >= 0.3 is 5.69 Å². The quantitative estimate of drug-likeness (QED) is 0.396. The van der Waals surface area contributed by atoms with Gasteiger partial charge in [-0.15, -0.1) is 11.3 Å². The maximum absolute atomic E-state index is 14.0. The second-order valence-corrected chi connectivity index (χ2v) is 5.93. The number of nitro benzene ring substituents is 1. The van der Waals surface area contributed by atoms with Gasteiger partial charge in [-0.2, -0.15) is 5.10 Å². The number of nitrogens with one attached hydrogen (secondary N) is 1. The molecule has 0 radical (unpaired) electrons. The largest absolute Gasteiger partial charge is 0.490 e. The van der Waals surface area contributed by atoms with Gasteiger partial charge in [0.2, 0.25) is 5.13 Å². The Kier molecular flexibility index (Phi) is 5.18. The van der Waals surface area contributed by atoms with Gasteiger partial charge in [0.25, 0.3) is 0 Å². The van der Waals surface area contributed by atoms with Crippen LogP contribution in [-0.4, -0.2) is 23.2 Å². The van der Waals surface area contributed by atoms with E-state index in [9.17, 15) is 14.5 Å². The third-order valence-electron chi connectivity index (χ3n) is 3.43. The lowest BCUT2D eigenvalue weighted by molar-refractivity contribution is -0.385. The third kappa shape index (κ3) is 3.83. The molecule has 2 aromatic carbocycles. The molecule has 0 fully saturated rings. The lowest BCUT2D eigenvalue weighted by atomic mass is 10.2. The van der Waals surface area contributed by atoms with Gasteiger partial charge in [0.15, 0.2) is 5.75 Å². The van der Waals surface area contributed by atoms with Crippen molar-refractivity contribution < 1.29 is 14.1 Å². The molecule has 0 unspecified atom stereocenters. The van der Waals surface area contributed by atoms with Crippen LogP contribution in [0.25, 0.3) is 11.3 Å². The van der Waals surface area contributed by atoms with Crippen molar-refractivity contribution in [3.63, 3.8) is 0 Å². The van der Waals surface area contributed by atoms with E-state index in [2.05, 4.69) is 15.5 Å². The molecule has 0 bridgehead atoms. The molecule has 7 nitrogen and oxygen atoms in total. The van der Waals surface area contributed by atoms with Crippen molar-refractivity contribution in [2.75, 3.05) is 12.5 Å². The van der Waals surface area contributed by atoms with E-state index in [1.807, 2.05) is 35.7 Å². The summed E-state index contributed by atoms with van der Waals surface area (Å²) in [6, 6.07) is 11.6. The summed E-state index contributed by atoms with van der Waals surface area (Å²) >= 11 is 1.34. The molecule has 0 saturated carbocycles. The van der Waals surface area contributed by atoms with Gasteiger partial charge < -0.3 is 4.74 Å². The zero-order chi connectivity index (χ0) is 18.5. The van der Waals surface area contributed by atoms with E-state index in [4.69, 9.17) is 4.74 Å². The van der Waals surface area contributed by atoms with E-state index in [0.29, 0.717) is 5.13 Å². The number of methoxy groups -OCH3 is 1. The van der Waals surface area contributed by atoms with Crippen molar-refractivity contribution in [2.24, 2.45) is 5.10 Å². The first-order valence-electron chi connectivity index (χ1n) is 7.40. The number of ether oxygens (including phenoxy) is 1. The highest BCUT2D eigenvalue weighted by atomic mass is 32.1. The van der Waals surface area contributed by atoms with Gasteiger partial charge in [-0.1, -0.05) is 30.3 Å². The summed E-state index contributed by atoms with van der Waals surface area (Å²) < 4.78 is 18.8. The van der Waals surface area contributed by atoms with Gasteiger partial charge in [-0.05, 0) is 0 Å². The molecule has 132 valence electrons. The maximum atomic E-state index is 14.0. The van der Waals surface area contributed by atoms with E-state index in [0.717, 1.165) is 29.6 Å². The standard InChI is InChI=1S/C17H13FN4O3S/c1-25-16-8-13(18)12(7-15(16)22(23)24)9-19-21-17-20-14(10-26-17)11-5-3-2-4-6-11/h2-10H,1H3,(H,20,21). The predicted molar refractivity (Wildman–Crippen MR) is 98.4 cm³/mol. The summed E-state index contributed by atoms with van der Waals surface area (Å²) in [4.78, 5) is 14.7. The molecular weight excluding hydrogens is 359 g/mol. The van der Waals surface area contributed by atoms with Crippen LogP contribution in [-0.2, 0) is 0 Å². The van der Waals surface area contributed by atoms with Crippen molar-refractivity contribution in [2.45, 2.75) is 0 Å². The van der Waals surface area contributed by atoms with Crippen molar-refractivity contribution in [3.05, 3.63) is 69.3 Å². The summed E-state index contributed by atoms with van der Waals surface area (Å²) in [5.74, 6) is -0.827. The molecule has 0 saturated heterocycles. The Balaban J connectivity index is 1.76. The summed E-state index contributed by atoms with van der Waals surface area (Å²) in [5, 5.41) is 17.3. The number of thiazole rings is 1. The highest BCUT2D eigenvalue weighted by Crippen LogP contribution is 2.29. The molecule has 26 heavy (non-hydrogen) atoms. The molecule has 0 atom stereocenters. The Morgan fingerprint density at radius 3 is 2.81 bits per heavy atom. The fraction of sp³-hybridized carbons (Fsp3) is 0.0588. The van der Waals surface area contributed by atoms with Crippen LogP contribution in [0.15, 0.2) is 52.9 Å². The zero-order valence-corrected chi connectivity index (χ0v) is 14.4. The van der Waals surface area contributed by atoms with Crippen molar-refractivity contribution in [1.29, 1.82) is 0 Å². The number of rotatable bonds is 6. The maximum Gasteiger partial charge on any atom is 0.311 e. The summed E-state index contributed by atoms with van der Waals surface area (Å²) in [6.45, 7) is 0. The molecule has 3 aromatic rings. The normalized spacial score (nSPS) is 10.8. The minimum absolute atomic E-state index is 0.0372. The average Bonchev–Trinajstić information content (AvgIpc) is 3.12. The number of nitro groups is 1. The molecule has 9 heteroatoms. The SMILES string of the molecule is COc1cc(F)c(C=NNc2nc(-c3ccccc3)cs2)cc1[N+](=O)[O-]. The average molecular weight is 372 g/mol. The van der Waals surface area contributed by atoms with Crippen molar-refractivity contribution in [3.8, 4) is 17.0 Å². The molecular formula is C17H13FN4O3S. The van der Waals surface area contributed by atoms with Crippen molar-refractivity contribution in [1.82, 2.24) is 4.98 Å². The van der Waals surface area contributed by atoms with E-state index >= 15 is 0 Å². The molecule has 1 heterocycles. The molecule has 0 amide bonds. The molecule has 0 aliphatic heterocycles. The monoisotopic (exact) mass is 372 g/mol. The fourth-order valence-electron chi connectivity index (χ4n) is 2.19. The summed E-state index contributed by atoms with van der Waals surface area (Å²) in [5.41, 5.74) is 4.08. The Morgan fingerprint density at radius 1 is 1.35 bits per heavy atom. The Morgan fingerprint density at radius 2 is 2.12 bits per heavy atom. The molecule has 1 N–H and O–H groups in total. The first-order valence-corrected chi connectivity index (χ1v) is 8.28. The number of hydrogen-bond donors (Lipinski definition) is 1. The minimum atomic E-state index is -0.679. The lowest BCUT2D eigenvalue weighted by Crippen LogP contribution is -1.99. The minimum Gasteiger partial charge on any atom is -0.490 e. The van der Waals surface area contributed by atoms with Crippen LogP contribution in [0.1, 0.15) is 5.56 Å². The third-order valence-corrected chi connectivity index (χ3v) is 4.18. The molecule has 0 spiro atoms. The number of aromatic nitrogens is 1. The number of hydrazone groups is 1. The highest BCUT2D eigenvalue weighted by Gasteiger charge is 2.18. The lowest BCUT2D eigenvalue weighted by Gasteiger charge is -2.03. The number of anilines is 1. The first-order chi connectivity index (χ1) is 12.6. The van der Waals surface area contributed by atoms with E-state index in [-0.39, 0.29) is 17.0 Å². The van der Waals surface area contributed by atoms with Gasteiger partial charge in [-0.25, -0.2) is 9.37 Å². The molecule has 3 rings (SSSR count). The second kappa shape index (κ2) is 7.70. The van der Waals surface area contributed by atoms with Crippen LogP contribution in [0, 0.1) is 15.9 Å². The first kappa shape index (κ1) is 17.5. The van der Waals surface area contributed by atoms with Gasteiger partial charge in [0, 0.05) is 28.6 Å². The smallest absolute Gasteiger partial charge is 0.311 e. The molecule has 0 aliphatic rings. The van der Waals surface area contributed by atoms with Gasteiger partial charge in [-0.3, -0.25) is 15.5 Å². The van der Waals surface area contributed by atoms with E-state index in [1.165, 1.54) is 18.4 Å². The van der Waals surface area contributed by atoms with Crippen LogP contribution in [0.4, 0.5) is 15.2 Å². The van der Waals surface area contributed by atoms with E-state index in [1.54, 1.807) is 0 Å². The van der Waals surface area contributed by atoms with Crippen LogP contribution in [0.2, 0.25) is 0 Å². The summed E-state index contributed by atoms with van der Waals surface area (Å²) in [6.07, 6.45) is 1.16. The number of halogens is 1. The Hall–Kier alpha value is -3.33. The molecule has 1 aromatic heterocycles. The van der Waals surface area contributed by atoms with E-state index < -0.39 is 10.7 Å². The topological polar surface area (TPSA) is 89.7 Å². The fourth-order valence-corrected chi connectivity index (χ4v) is 2.86. The van der Waals surface area contributed by atoms with Gasteiger partial charge in [0.1, 0.15) is 5.82 Å². The van der Waals surface area contributed by atoms with Crippen LogP contribution in [0.5, 0.6) is 5.75 Å². The van der Waals surface area contributed by atoms with Crippen LogP contribution < -0.4 is 10.2 Å². The van der Waals surface area contributed by atoms with Crippen LogP contribution >= 0.6 is 11.3 Å². The second-order valence-electron chi connectivity index (χ2n) is 5.08. The number of benzene rings is 2. The highest BCUT2D eigenvalue weighted by molar-refractivity contribution is 7.14. The Labute approximate surface area is 151 Å².